The van der Waals surface area contributed by atoms with Crippen molar-refractivity contribution in [3.63, 3.8) is 0 Å². The molecule has 0 fully saturated rings. The first-order chi connectivity index (χ1) is 48.3. The largest absolute Gasteiger partial charge is 0.325 e. The van der Waals surface area contributed by atoms with Gasteiger partial charge in [0.25, 0.3) is 0 Å². The van der Waals surface area contributed by atoms with Gasteiger partial charge in [-0.1, -0.05) is 364 Å². The third-order valence-corrected chi connectivity index (χ3v) is 35.8. The summed E-state index contributed by atoms with van der Waals surface area (Å²) in [6.45, 7) is 0. The van der Waals surface area contributed by atoms with Crippen LogP contribution < -0.4 is 78.4 Å². The smallest absolute Gasteiger partial charge is 0.232 e. The van der Waals surface area contributed by atoms with Crippen LogP contribution in [0.15, 0.2) is 364 Å². The molecule has 0 aliphatic rings. The Balaban J connectivity index is 1.16. The van der Waals surface area contributed by atoms with Gasteiger partial charge in [-0.05, 0) is 0 Å². The summed E-state index contributed by atoms with van der Waals surface area (Å²) in [5.74, 6) is -0.386. The first kappa shape index (κ1) is 68.0. The monoisotopic (exact) mass is 1410 g/mol. The first-order valence-electron chi connectivity index (χ1n) is 32.5. The summed E-state index contributed by atoms with van der Waals surface area (Å²) < 4.78 is 103. The Bertz CT molecular complexity index is 4030. The molecule has 0 N–H and O–H groups in total. The highest BCUT2D eigenvalue weighted by atomic mass is 31.2. The molecular weight excluding hydrogens is 1340 g/mol. The molecule has 12 nitrogen and oxygen atoms in total. The van der Waals surface area contributed by atoms with Crippen LogP contribution >= 0.6 is 42.9 Å². The fourth-order valence-electron chi connectivity index (χ4n) is 12.6. The van der Waals surface area contributed by atoms with Crippen LogP contribution in [0.3, 0.4) is 0 Å². The Hall–Kier alpha value is -9.57. The van der Waals surface area contributed by atoms with Gasteiger partial charge >= 0.3 is 0 Å². The lowest BCUT2D eigenvalue weighted by atomic mass is 10.4. The molecule has 1 heterocycles. The second kappa shape index (κ2) is 30.3. The van der Waals surface area contributed by atoms with Crippen LogP contribution in [0.2, 0.25) is 0 Å². The number of aromatic nitrogens is 3. The summed E-state index contributed by atoms with van der Waals surface area (Å²) in [4.78, 5) is 22.0. The molecular formula is C81H72N6O6P6. The zero-order valence-corrected chi connectivity index (χ0v) is 59.6. The lowest BCUT2D eigenvalue weighted by molar-refractivity contribution is 0.581. The Morgan fingerprint density at radius 3 is 0.343 bits per heavy atom. The van der Waals surface area contributed by atoms with Gasteiger partial charge in [0.1, 0.15) is 0 Å². The molecule has 0 atom stereocenters. The first-order valence-corrected chi connectivity index (χ1v) is 43.9. The van der Waals surface area contributed by atoms with Crippen molar-refractivity contribution < 1.29 is 27.4 Å². The van der Waals surface area contributed by atoms with Crippen molar-refractivity contribution >= 4 is 124 Å². The van der Waals surface area contributed by atoms with E-state index in [1.807, 2.05) is 364 Å². The SMILES string of the molecule is O=P(CN(CP(=O)(c1ccccc1)c1ccccc1)c1nc(N(CP(=O)(c2ccccc2)c2ccccc2)CP(=O)(c2ccccc2)c2ccccc2)nc(N(CP(=O)(c2ccccc2)c2ccccc2)CP(=O)(c2ccccc2)c2ccccc2)n1)(c1ccccc1)c1ccccc1. The van der Waals surface area contributed by atoms with Crippen molar-refractivity contribution in [1.29, 1.82) is 0 Å². The maximum atomic E-state index is 17.2. The zero-order chi connectivity index (χ0) is 68.2. The summed E-state index contributed by atoms with van der Waals surface area (Å²) in [5, 5.41) is 6.05. The van der Waals surface area contributed by atoms with Gasteiger partial charge in [-0.3, -0.25) is 0 Å². The van der Waals surface area contributed by atoms with Crippen LogP contribution in [0.5, 0.6) is 0 Å². The van der Waals surface area contributed by atoms with Crippen molar-refractivity contribution in [2.45, 2.75) is 0 Å². The molecule has 0 spiro atoms. The van der Waals surface area contributed by atoms with E-state index in [9.17, 15) is 0 Å². The lowest BCUT2D eigenvalue weighted by Gasteiger charge is -2.36. The predicted molar refractivity (Wildman–Crippen MR) is 415 cm³/mol. The van der Waals surface area contributed by atoms with E-state index < -0.39 is 42.9 Å². The fourth-order valence-corrected chi connectivity index (χ4v) is 28.9. The third-order valence-electron chi connectivity index (χ3n) is 17.7. The van der Waals surface area contributed by atoms with Gasteiger partial charge in [-0.15, -0.1) is 0 Å². The molecule has 18 heteroatoms. The van der Waals surface area contributed by atoms with Gasteiger partial charge < -0.3 is 42.1 Å². The average molecular weight is 1410 g/mol. The molecule has 0 radical (unpaired) electrons. The van der Waals surface area contributed by atoms with Crippen molar-refractivity contribution in [2.75, 3.05) is 52.4 Å². The molecule has 0 saturated heterocycles. The summed E-state index contributed by atoms with van der Waals surface area (Å²) in [7, 11) is -23.7. The van der Waals surface area contributed by atoms with E-state index in [4.69, 9.17) is 15.0 Å². The van der Waals surface area contributed by atoms with E-state index in [1.165, 1.54) is 0 Å². The summed E-state index contributed by atoms with van der Waals surface area (Å²) in [6, 6.07) is 111. The Labute approximate surface area is 579 Å². The predicted octanol–water partition coefficient (Wildman–Crippen LogP) is 14.1. The summed E-state index contributed by atoms with van der Waals surface area (Å²) >= 11 is 0. The Kier molecular flexibility index (Phi) is 20.8. The molecule has 0 amide bonds. The molecule has 12 aromatic carbocycles. The van der Waals surface area contributed by atoms with E-state index in [0.29, 0.717) is 63.7 Å². The van der Waals surface area contributed by atoms with Gasteiger partial charge in [-0.25, -0.2) is 0 Å². The van der Waals surface area contributed by atoms with Crippen LogP contribution in [0.1, 0.15) is 0 Å². The molecule has 0 aliphatic carbocycles. The summed E-state index contributed by atoms with van der Waals surface area (Å²) in [6.07, 6.45) is -2.05. The normalized spacial score (nSPS) is 12.1. The molecule has 13 aromatic rings. The molecule has 0 saturated carbocycles. The average Bonchev–Trinajstić information content (AvgIpc) is 0.759. The van der Waals surface area contributed by atoms with Crippen LogP contribution in [0, 0.1) is 0 Å². The van der Waals surface area contributed by atoms with Gasteiger partial charge in [0.05, 0.1) is 37.7 Å². The van der Waals surface area contributed by atoms with Crippen molar-refractivity contribution in [2.24, 2.45) is 0 Å². The minimum Gasteiger partial charge on any atom is -0.325 e. The van der Waals surface area contributed by atoms with Crippen molar-refractivity contribution in [3.05, 3.63) is 364 Å². The Morgan fingerprint density at radius 1 is 0.162 bits per heavy atom. The highest BCUT2D eigenvalue weighted by Gasteiger charge is 2.43. The topological polar surface area (TPSA) is 151 Å². The number of hydrogen-bond donors (Lipinski definition) is 0. The minimum absolute atomic E-state index is 0.129. The maximum absolute atomic E-state index is 17.2. The van der Waals surface area contributed by atoms with Crippen molar-refractivity contribution in [1.82, 2.24) is 15.0 Å². The van der Waals surface area contributed by atoms with E-state index in [0.717, 1.165) is 0 Å². The minimum atomic E-state index is -3.95. The van der Waals surface area contributed by atoms with Gasteiger partial charge in [0.2, 0.25) is 17.8 Å². The van der Waals surface area contributed by atoms with Crippen LogP contribution in [0.4, 0.5) is 17.8 Å². The molecule has 0 unspecified atom stereocenters. The van der Waals surface area contributed by atoms with Crippen LogP contribution in [-0.4, -0.2) is 52.7 Å². The molecule has 1 aromatic heterocycles. The van der Waals surface area contributed by atoms with Crippen LogP contribution in [-0.2, 0) is 27.4 Å². The van der Waals surface area contributed by atoms with Crippen LogP contribution in [0.25, 0.3) is 0 Å². The number of nitrogens with zero attached hydrogens (tertiary/aromatic N) is 6. The highest BCUT2D eigenvalue weighted by Crippen LogP contribution is 2.54. The van der Waals surface area contributed by atoms with E-state index in [2.05, 4.69) is 0 Å². The van der Waals surface area contributed by atoms with Gasteiger partial charge in [0, 0.05) is 63.7 Å². The molecule has 99 heavy (non-hydrogen) atoms. The standard InChI is InChI=1S/C81H72N6O6P6/c88-94(67-37-13-1-14-38-67,68-39-15-2-16-40-68)61-85(62-95(89,69-41-17-3-18-42-69)70-43-19-4-20-44-70)79-82-80(86(63-96(90,71-45-21-5-22-46-71)72-47-23-6-24-48-72)64-97(91,73-49-25-7-26-50-73)74-51-27-8-28-52-74)84-81(83-79)87(65-98(92,75-53-29-9-30-54-75)76-55-31-10-32-56-76)66-99(93,77-57-33-11-34-58-77)78-59-35-12-36-60-78/h1-60H,61-66H2. The third kappa shape index (κ3) is 14.6. The van der Waals surface area contributed by atoms with E-state index in [1.54, 1.807) is 14.7 Å². The Morgan fingerprint density at radius 2 is 0.253 bits per heavy atom. The van der Waals surface area contributed by atoms with Gasteiger partial charge in [-0.2, -0.15) is 15.0 Å². The number of hydrogen-bond acceptors (Lipinski definition) is 12. The lowest BCUT2D eigenvalue weighted by Crippen LogP contribution is -2.40. The van der Waals surface area contributed by atoms with E-state index >= 15 is 27.4 Å². The number of benzene rings is 12. The van der Waals surface area contributed by atoms with Crippen molar-refractivity contribution in [3.8, 4) is 0 Å². The maximum Gasteiger partial charge on any atom is 0.232 e. The fraction of sp³-hybridized carbons (Fsp3) is 0.0741. The number of anilines is 3. The highest BCUT2D eigenvalue weighted by molar-refractivity contribution is 7.81. The van der Waals surface area contributed by atoms with E-state index in [-0.39, 0.29) is 55.6 Å². The van der Waals surface area contributed by atoms with Gasteiger partial charge in [0.15, 0.2) is 42.9 Å². The second-order valence-corrected chi connectivity index (χ2v) is 40.9. The molecule has 492 valence electrons. The quantitative estimate of drug-likeness (QED) is 0.0451. The molecule has 13 rings (SSSR count). The summed E-state index contributed by atoms with van der Waals surface area (Å²) in [5.41, 5.74) is 0. The molecule has 0 aliphatic heterocycles. The number of rotatable bonds is 27. The zero-order valence-electron chi connectivity index (χ0n) is 54.2. The molecule has 0 bridgehead atoms. The second-order valence-electron chi connectivity index (χ2n) is 24.2.